The molecule has 0 aliphatic carbocycles. The van der Waals surface area contributed by atoms with E-state index in [1.807, 2.05) is 32.0 Å². The predicted molar refractivity (Wildman–Crippen MR) is 89.2 cm³/mol. The van der Waals surface area contributed by atoms with Crippen molar-refractivity contribution in [1.29, 1.82) is 0 Å². The molecule has 2 aromatic carbocycles. The highest BCUT2D eigenvalue weighted by Gasteiger charge is 2.14. The molecule has 0 aliphatic rings. The Morgan fingerprint density at radius 2 is 1.77 bits per heavy atom. The molecule has 0 aromatic heterocycles. The Kier molecular flexibility index (Phi) is 5.21. The van der Waals surface area contributed by atoms with Gasteiger partial charge in [-0.15, -0.1) is 0 Å². The fourth-order valence-corrected chi connectivity index (χ4v) is 2.51. The lowest BCUT2D eigenvalue weighted by molar-refractivity contribution is -0.0757. The number of hydrogen-bond acceptors (Lipinski definition) is 3. The van der Waals surface area contributed by atoms with Crippen LogP contribution in [-0.2, 0) is 4.84 Å². The maximum Gasteiger partial charge on any atom is 0.277 e. The van der Waals surface area contributed by atoms with E-state index in [2.05, 4.69) is 15.9 Å². The largest absolute Gasteiger partial charge is 0.456 e. The van der Waals surface area contributed by atoms with Crippen molar-refractivity contribution in [3.8, 4) is 11.5 Å². The second-order valence-electron chi connectivity index (χ2n) is 4.95. The van der Waals surface area contributed by atoms with E-state index >= 15 is 0 Å². The molecule has 0 fully saturated rings. The van der Waals surface area contributed by atoms with E-state index < -0.39 is 0 Å². The predicted octanol–water partition coefficient (Wildman–Crippen LogP) is 4.49. The van der Waals surface area contributed by atoms with E-state index in [-0.39, 0.29) is 5.91 Å². The maximum atomic E-state index is 12.0. The van der Waals surface area contributed by atoms with Gasteiger partial charge >= 0.3 is 0 Å². The highest BCUT2D eigenvalue weighted by atomic mass is 79.9. The number of hydroxylamine groups is 2. The molecule has 0 N–H and O–H groups in total. The number of hydrogen-bond donors (Lipinski definition) is 0. The summed E-state index contributed by atoms with van der Waals surface area (Å²) in [6.07, 6.45) is 0. The molecule has 22 heavy (non-hydrogen) atoms. The monoisotopic (exact) mass is 363 g/mol. The lowest BCUT2D eigenvalue weighted by atomic mass is 10.1. The summed E-state index contributed by atoms with van der Waals surface area (Å²) in [7, 11) is 3.02. The first-order valence-corrected chi connectivity index (χ1v) is 7.59. The van der Waals surface area contributed by atoms with Crippen LogP contribution in [0.2, 0.25) is 0 Å². The topological polar surface area (TPSA) is 38.8 Å². The van der Waals surface area contributed by atoms with Crippen molar-refractivity contribution >= 4 is 21.8 Å². The van der Waals surface area contributed by atoms with E-state index in [1.165, 1.54) is 12.2 Å². The Morgan fingerprint density at radius 1 is 1.14 bits per heavy atom. The summed E-state index contributed by atoms with van der Waals surface area (Å²) in [6, 6.07) is 11.2. The minimum atomic E-state index is -0.221. The van der Waals surface area contributed by atoms with Gasteiger partial charge < -0.3 is 4.74 Å². The molecule has 2 aromatic rings. The van der Waals surface area contributed by atoms with Crippen LogP contribution in [0.3, 0.4) is 0 Å². The minimum Gasteiger partial charge on any atom is -0.456 e. The number of halogens is 1. The zero-order valence-corrected chi connectivity index (χ0v) is 14.6. The Balaban J connectivity index is 2.29. The van der Waals surface area contributed by atoms with Gasteiger partial charge in [0.2, 0.25) is 0 Å². The first-order valence-electron chi connectivity index (χ1n) is 6.80. The summed E-state index contributed by atoms with van der Waals surface area (Å²) in [5.74, 6) is 1.27. The van der Waals surface area contributed by atoms with Crippen LogP contribution in [0.15, 0.2) is 40.9 Å². The molecule has 5 heteroatoms. The van der Waals surface area contributed by atoms with Crippen LogP contribution in [0.4, 0.5) is 0 Å². The fourth-order valence-electron chi connectivity index (χ4n) is 2.05. The highest BCUT2D eigenvalue weighted by molar-refractivity contribution is 9.10. The molecule has 0 aliphatic heterocycles. The van der Waals surface area contributed by atoms with Crippen LogP contribution in [0.5, 0.6) is 11.5 Å². The zero-order chi connectivity index (χ0) is 16.3. The third-order valence-electron chi connectivity index (χ3n) is 3.36. The number of para-hydroxylation sites is 1. The normalized spacial score (nSPS) is 10.4. The van der Waals surface area contributed by atoms with Crippen molar-refractivity contribution in [2.24, 2.45) is 0 Å². The lowest BCUT2D eigenvalue weighted by Crippen LogP contribution is -2.25. The number of amides is 1. The van der Waals surface area contributed by atoms with Crippen LogP contribution < -0.4 is 4.74 Å². The fraction of sp³-hybridized carbons (Fsp3) is 0.235. The first-order chi connectivity index (χ1) is 10.4. The number of nitrogens with zero attached hydrogens (tertiary/aromatic N) is 1. The van der Waals surface area contributed by atoms with E-state index in [0.717, 1.165) is 16.9 Å². The molecule has 0 saturated heterocycles. The summed E-state index contributed by atoms with van der Waals surface area (Å²) >= 11 is 3.46. The Hall–Kier alpha value is -1.85. The third-order valence-corrected chi connectivity index (χ3v) is 3.98. The summed E-state index contributed by atoms with van der Waals surface area (Å²) in [5, 5.41) is 1.17. The van der Waals surface area contributed by atoms with Crippen LogP contribution in [0.1, 0.15) is 21.5 Å². The molecule has 4 nitrogen and oxygen atoms in total. The van der Waals surface area contributed by atoms with Crippen LogP contribution in [0.25, 0.3) is 0 Å². The highest BCUT2D eigenvalue weighted by Crippen LogP contribution is 2.34. The smallest absolute Gasteiger partial charge is 0.277 e. The number of carbonyl (C=O) groups excluding carboxylic acids is 1. The summed E-state index contributed by atoms with van der Waals surface area (Å²) in [5.41, 5.74) is 2.64. The van der Waals surface area contributed by atoms with E-state index in [0.29, 0.717) is 15.8 Å². The van der Waals surface area contributed by atoms with E-state index in [4.69, 9.17) is 9.57 Å². The van der Waals surface area contributed by atoms with Crippen LogP contribution in [-0.4, -0.2) is 25.1 Å². The van der Waals surface area contributed by atoms with Gasteiger partial charge in [0.05, 0.1) is 11.6 Å². The summed E-state index contributed by atoms with van der Waals surface area (Å²) < 4.78 is 6.70. The van der Waals surface area contributed by atoms with E-state index in [9.17, 15) is 4.79 Å². The number of rotatable bonds is 4. The van der Waals surface area contributed by atoms with Crippen molar-refractivity contribution in [3.63, 3.8) is 0 Å². The molecule has 2 rings (SSSR count). The molecule has 0 unspecified atom stereocenters. The number of aryl methyl sites for hydroxylation is 2. The number of benzene rings is 2. The molecule has 116 valence electrons. The van der Waals surface area contributed by atoms with Gasteiger partial charge in [-0.25, -0.2) is 5.06 Å². The van der Waals surface area contributed by atoms with Gasteiger partial charge in [-0.05, 0) is 59.1 Å². The van der Waals surface area contributed by atoms with E-state index in [1.54, 1.807) is 25.2 Å². The zero-order valence-electron chi connectivity index (χ0n) is 13.0. The molecule has 0 atom stereocenters. The van der Waals surface area contributed by atoms with Crippen molar-refractivity contribution < 1.29 is 14.4 Å². The second kappa shape index (κ2) is 6.94. The van der Waals surface area contributed by atoms with Gasteiger partial charge in [0.25, 0.3) is 5.91 Å². The van der Waals surface area contributed by atoms with Crippen molar-refractivity contribution in [1.82, 2.24) is 5.06 Å². The Labute approximate surface area is 138 Å². The van der Waals surface area contributed by atoms with Crippen molar-refractivity contribution in [2.75, 3.05) is 14.2 Å². The summed E-state index contributed by atoms with van der Waals surface area (Å²) in [4.78, 5) is 16.9. The molecular weight excluding hydrogens is 346 g/mol. The molecule has 0 radical (unpaired) electrons. The summed E-state index contributed by atoms with van der Waals surface area (Å²) in [6.45, 7) is 4.00. The van der Waals surface area contributed by atoms with Gasteiger partial charge in [0.15, 0.2) is 0 Å². The van der Waals surface area contributed by atoms with Gasteiger partial charge in [-0.1, -0.05) is 18.2 Å². The minimum absolute atomic E-state index is 0.221. The quantitative estimate of drug-likeness (QED) is 0.751. The molecule has 1 amide bonds. The van der Waals surface area contributed by atoms with Crippen LogP contribution >= 0.6 is 15.9 Å². The van der Waals surface area contributed by atoms with Gasteiger partial charge in [0.1, 0.15) is 11.5 Å². The number of carbonyl (C=O) groups is 1. The molecule has 0 saturated carbocycles. The second-order valence-corrected chi connectivity index (χ2v) is 5.81. The van der Waals surface area contributed by atoms with Gasteiger partial charge in [-0.2, -0.15) is 0 Å². The first kappa shape index (κ1) is 16.5. The average Bonchev–Trinajstić information content (AvgIpc) is 2.50. The average molecular weight is 364 g/mol. The molecule has 0 bridgehead atoms. The third kappa shape index (κ3) is 3.48. The van der Waals surface area contributed by atoms with Gasteiger partial charge in [-0.3, -0.25) is 9.63 Å². The standard InChI is InChI=1S/C17H18BrNO3/c1-11-6-5-7-12(2)16(11)22-15-9-8-13(10-14(15)18)17(20)19(3)21-4/h5-10H,1-4H3. The van der Waals surface area contributed by atoms with Crippen molar-refractivity contribution in [2.45, 2.75) is 13.8 Å². The molecule has 0 heterocycles. The van der Waals surface area contributed by atoms with Crippen molar-refractivity contribution in [3.05, 3.63) is 57.6 Å². The lowest BCUT2D eigenvalue weighted by Gasteiger charge is -2.16. The Bertz CT molecular complexity index is 680. The Morgan fingerprint density at radius 3 is 2.32 bits per heavy atom. The molecule has 0 spiro atoms. The SMILES string of the molecule is CON(C)C(=O)c1ccc(Oc2c(C)cccc2C)c(Br)c1. The number of ether oxygens (including phenoxy) is 1. The molecular formula is C17H18BrNO3. The van der Waals surface area contributed by atoms with Crippen LogP contribution in [0, 0.1) is 13.8 Å². The maximum absolute atomic E-state index is 12.0. The van der Waals surface area contributed by atoms with Gasteiger partial charge in [0, 0.05) is 12.6 Å².